The molecule has 4 rings (SSSR count). The zero-order valence-corrected chi connectivity index (χ0v) is 16.5. The lowest BCUT2D eigenvalue weighted by Gasteiger charge is -2.17. The van der Waals surface area contributed by atoms with Crippen LogP contribution in [0.15, 0.2) is 53.5 Å². The molecule has 138 valence electrons. The van der Waals surface area contributed by atoms with Crippen LogP contribution in [0.1, 0.15) is 35.7 Å². The zero-order valence-electron chi connectivity index (χ0n) is 15.7. The van der Waals surface area contributed by atoms with Gasteiger partial charge in [-0.3, -0.25) is 9.56 Å². The van der Waals surface area contributed by atoms with Crippen molar-refractivity contribution in [3.63, 3.8) is 0 Å². The number of nitrogens with zero attached hydrogens (tertiary/aromatic N) is 5. The molecule has 1 atom stereocenters. The summed E-state index contributed by atoms with van der Waals surface area (Å²) in [6.45, 7) is 2.84. The highest BCUT2D eigenvalue weighted by Gasteiger charge is 2.29. The Balaban J connectivity index is 2.02. The van der Waals surface area contributed by atoms with Crippen molar-refractivity contribution in [1.82, 2.24) is 19.7 Å². The van der Waals surface area contributed by atoms with Gasteiger partial charge in [-0.1, -0.05) is 48.9 Å². The van der Waals surface area contributed by atoms with Gasteiger partial charge in [0.25, 0.3) is 0 Å². The molecule has 1 aromatic heterocycles. The quantitative estimate of drug-likeness (QED) is 0.689. The monoisotopic (exact) mass is 379 g/mol. The molecule has 3 aromatic rings. The molecular formula is C21H22ClN5. The number of likely N-dealkylation sites (N-methyl/N-ethyl adjacent to an activating group) is 1. The molecule has 1 aliphatic rings. The highest BCUT2D eigenvalue weighted by atomic mass is 35.5. The first-order valence-corrected chi connectivity index (χ1v) is 9.48. The summed E-state index contributed by atoms with van der Waals surface area (Å²) >= 11 is 6.37. The van der Waals surface area contributed by atoms with E-state index < -0.39 is 0 Å². The fourth-order valence-corrected chi connectivity index (χ4v) is 3.68. The molecule has 0 saturated heterocycles. The van der Waals surface area contributed by atoms with E-state index in [1.807, 2.05) is 50.5 Å². The number of benzene rings is 2. The molecule has 0 spiro atoms. The van der Waals surface area contributed by atoms with Crippen molar-refractivity contribution in [3.05, 3.63) is 76.3 Å². The third kappa shape index (κ3) is 3.29. The number of halogens is 1. The Morgan fingerprint density at radius 3 is 2.56 bits per heavy atom. The number of rotatable bonds is 4. The Labute approximate surface area is 164 Å². The molecule has 0 radical (unpaired) electrons. The van der Waals surface area contributed by atoms with Gasteiger partial charge < -0.3 is 4.90 Å². The van der Waals surface area contributed by atoms with Crippen molar-refractivity contribution in [2.24, 2.45) is 4.99 Å². The molecule has 0 N–H and O–H groups in total. The Hall–Kier alpha value is -2.50. The molecule has 6 heteroatoms. The third-order valence-corrected chi connectivity index (χ3v) is 4.93. The number of hydrogen-bond donors (Lipinski definition) is 0. The van der Waals surface area contributed by atoms with E-state index in [1.165, 1.54) is 0 Å². The predicted molar refractivity (Wildman–Crippen MR) is 109 cm³/mol. The van der Waals surface area contributed by atoms with Crippen LogP contribution in [-0.2, 0) is 6.42 Å². The first kappa shape index (κ1) is 17.9. The van der Waals surface area contributed by atoms with E-state index in [2.05, 4.69) is 38.7 Å². The third-order valence-electron chi connectivity index (χ3n) is 4.69. The van der Waals surface area contributed by atoms with Crippen molar-refractivity contribution in [2.45, 2.75) is 19.4 Å². The minimum absolute atomic E-state index is 0.116. The first-order chi connectivity index (χ1) is 13.1. The Kier molecular flexibility index (Phi) is 4.81. The van der Waals surface area contributed by atoms with Crippen LogP contribution >= 0.6 is 11.6 Å². The molecule has 0 saturated carbocycles. The number of aromatic nitrogens is 3. The fraction of sp³-hybridized carbons (Fsp3) is 0.286. The van der Waals surface area contributed by atoms with E-state index >= 15 is 0 Å². The van der Waals surface area contributed by atoms with Crippen LogP contribution in [0.4, 0.5) is 0 Å². The molecule has 27 heavy (non-hydrogen) atoms. The van der Waals surface area contributed by atoms with E-state index in [-0.39, 0.29) is 6.04 Å². The maximum Gasteiger partial charge on any atom is 0.163 e. The average Bonchev–Trinajstić information content (AvgIpc) is 3.04. The van der Waals surface area contributed by atoms with Gasteiger partial charge in [0.1, 0.15) is 11.9 Å². The topological polar surface area (TPSA) is 46.3 Å². The van der Waals surface area contributed by atoms with Crippen LogP contribution in [0.3, 0.4) is 0 Å². The lowest BCUT2D eigenvalue weighted by atomic mass is 10.0. The van der Waals surface area contributed by atoms with Gasteiger partial charge in [-0.05, 0) is 32.3 Å². The maximum absolute atomic E-state index is 6.37. The SMILES string of the molecule is CCc1nnc2n1-c1ccc(Cl)cc1C(c1ccccc1)=NC2CN(C)C. The molecule has 0 bridgehead atoms. The standard InChI is InChI=1S/C21H22ClN5/c1-4-19-24-25-21-17(13-26(2)3)23-20(14-8-6-5-7-9-14)16-12-15(22)10-11-18(16)27(19)21/h5-12,17H,4,13H2,1-3H3. The van der Waals surface area contributed by atoms with Gasteiger partial charge in [-0.2, -0.15) is 0 Å². The lowest BCUT2D eigenvalue weighted by Crippen LogP contribution is -2.21. The predicted octanol–water partition coefficient (Wildman–Crippen LogP) is 3.94. The summed E-state index contributed by atoms with van der Waals surface area (Å²) in [5.41, 5.74) is 4.04. The molecule has 0 aliphatic carbocycles. The molecular weight excluding hydrogens is 358 g/mol. The van der Waals surface area contributed by atoms with E-state index in [0.717, 1.165) is 47.1 Å². The number of fused-ring (bicyclic) bond motifs is 3. The summed E-state index contributed by atoms with van der Waals surface area (Å²) in [4.78, 5) is 7.28. The molecule has 0 amide bonds. The van der Waals surface area contributed by atoms with E-state index in [0.29, 0.717) is 5.02 Å². The molecule has 2 aromatic carbocycles. The Bertz CT molecular complexity index is 991. The summed E-state index contributed by atoms with van der Waals surface area (Å²) in [5, 5.41) is 9.64. The molecule has 1 unspecified atom stereocenters. The van der Waals surface area contributed by atoms with E-state index in [4.69, 9.17) is 16.6 Å². The van der Waals surface area contributed by atoms with Gasteiger partial charge >= 0.3 is 0 Å². The summed E-state index contributed by atoms with van der Waals surface area (Å²) in [6, 6.07) is 16.1. The van der Waals surface area contributed by atoms with Gasteiger partial charge in [-0.25, -0.2) is 0 Å². The summed E-state index contributed by atoms with van der Waals surface area (Å²) < 4.78 is 2.15. The minimum atomic E-state index is -0.116. The molecule has 0 fully saturated rings. The molecule has 5 nitrogen and oxygen atoms in total. The van der Waals surface area contributed by atoms with Gasteiger partial charge in [0.15, 0.2) is 5.82 Å². The number of aryl methyl sites for hydroxylation is 1. The maximum atomic E-state index is 6.37. The van der Waals surface area contributed by atoms with Crippen molar-refractivity contribution < 1.29 is 0 Å². The first-order valence-electron chi connectivity index (χ1n) is 9.11. The van der Waals surface area contributed by atoms with Gasteiger partial charge in [0, 0.05) is 29.1 Å². The van der Waals surface area contributed by atoms with Crippen LogP contribution in [0.5, 0.6) is 0 Å². The van der Waals surface area contributed by atoms with Crippen LogP contribution < -0.4 is 0 Å². The largest absolute Gasteiger partial charge is 0.307 e. The average molecular weight is 380 g/mol. The van der Waals surface area contributed by atoms with Crippen LogP contribution in [-0.4, -0.2) is 46.0 Å². The normalized spacial score (nSPS) is 15.9. The lowest BCUT2D eigenvalue weighted by molar-refractivity contribution is 0.370. The smallest absolute Gasteiger partial charge is 0.163 e. The van der Waals surface area contributed by atoms with Gasteiger partial charge in [-0.15, -0.1) is 10.2 Å². The van der Waals surface area contributed by atoms with Crippen LogP contribution in [0, 0.1) is 0 Å². The molecule has 1 aliphatic heterocycles. The number of aliphatic imine (C=N–C) groups is 1. The second kappa shape index (κ2) is 7.25. The van der Waals surface area contributed by atoms with Crippen molar-refractivity contribution >= 4 is 17.3 Å². The second-order valence-corrected chi connectivity index (χ2v) is 7.38. The number of hydrogen-bond acceptors (Lipinski definition) is 4. The van der Waals surface area contributed by atoms with E-state index in [9.17, 15) is 0 Å². The highest BCUT2D eigenvalue weighted by Crippen LogP contribution is 2.32. The van der Waals surface area contributed by atoms with Gasteiger partial charge in [0.05, 0.1) is 11.4 Å². The van der Waals surface area contributed by atoms with Crippen molar-refractivity contribution in [3.8, 4) is 5.69 Å². The van der Waals surface area contributed by atoms with Gasteiger partial charge in [0.2, 0.25) is 0 Å². The molecule has 2 heterocycles. The van der Waals surface area contributed by atoms with Crippen LogP contribution in [0.2, 0.25) is 5.02 Å². The van der Waals surface area contributed by atoms with Crippen molar-refractivity contribution in [1.29, 1.82) is 0 Å². The fourth-order valence-electron chi connectivity index (χ4n) is 3.51. The van der Waals surface area contributed by atoms with E-state index in [1.54, 1.807) is 0 Å². The Morgan fingerprint density at radius 1 is 1.07 bits per heavy atom. The van der Waals surface area contributed by atoms with Crippen LogP contribution in [0.25, 0.3) is 5.69 Å². The summed E-state index contributed by atoms with van der Waals surface area (Å²) in [7, 11) is 4.10. The summed E-state index contributed by atoms with van der Waals surface area (Å²) in [5.74, 6) is 1.80. The minimum Gasteiger partial charge on any atom is -0.307 e. The summed E-state index contributed by atoms with van der Waals surface area (Å²) in [6.07, 6.45) is 0.796. The second-order valence-electron chi connectivity index (χ2n) is 6.95. The van der Waals surface area contributed by atoms with Crippen molar-refractivity contribution in [2.75, 3.05) is 20.6 Å². The Morgan fingerprint density at radius 2 is 1.85 bits per heavy atom. The highest BCUT2D eigenvalue weighted by molar-refractivity contribution is 6.31. The zero-order chi connectivity index (χ0) is 19.0.